The van der Waals surface area contributed by atoms with Crippen LogP contribution >= 0.6 is 11.3 Å². The van der Waals surface area contributed by atoms with Gasteiger partial charge in [-0.3, -0.25) is 0 Å². The predicted octanol–water partition coefficient (Wildman–Crippen LogP) is 3.49. The largest absolute Gasteiger partial charge is 0.488 e. The summed E-state index contributed by atoms with van der Waals surface area (Å²) in [5.41, 5.74) is 1.13. The molecular formula is C17H17NO4S. The summed E-state index contributed by atoms with van der Waals surface area (Å²) < 4.78 is 11.1. The van der Waals surface area contributed by atoms with E-state index in [1.807, 2.05) is 36.4 Å². The zero-order valence-electron chi connectivity index (χ0n) is 12.7. The van der Waals surface area contributed by atoms with Crippen molar-refractivity contribution in [3.63, 3.8) is 0 Å². The molecule has 0 bridgehead atoms. The van der Waals surface area contributed by atoms with Gasteiger partial charge in [0.2, 0.25) is 0 Å². The normalized spacial score (nSPS) is 17.7. The van der Waals surface area contributed by atoms with Gasteiger partial charge in [0.15, 0.2) is 5.69 Å². The van der Waals surface area contributed by atoms with Gasteiger partial charge in [0.1, 0.15) is 16.9 Å². The molecule has 0 amide bonds. The lowest BCUT2D eigenvalue weighted by molar-refractivity contribution is 0.0690. The number of carboxylic acid groups (broad SMARTS) is 1. The van der Waals surface area contributed by atoms with Crippen LogP contribution in [0.3, 0.4) is 0 Å². The van der Waals surface area contributed by atoms with Crippen LogP contribution in [-0.4, -0.2) is 35.4 Å². The SMILES string of the molecule is Cc1sc(/C=C/c2ccc(OC3CCOC3)cc2)nc1C(=O)O. The van der Waals surface area contributed by atoms with Gasteiger partial charge < -0.3 is 14.6 Å². The molecule has 1 unspecified atom stereocenters. The summed E-state index contributed by atoms with van der Waals surface area (Å²) in [6.07, 6.45) is 4.80. The summed E-state index contributed by atoms with van der Waals surface area (Å²) in [5, 5.41) is 9.69. The van der Waals surface area contributed by atoms with Gasteiger partial charge in [0.25, 0.3) is 0 Å². The highest BCUT2D eigenvalue weighted by molar-refractivity contribution is 7.12. The van der Waals surface area contributed by atoms with E-state index in [0.29, 0.717) is 16.5 Å². The molecule has 0 saturated carbocycles. The topological polar surface area (TPSA) is 68.7 Å². The van der Waals surface area contributed by atoms with Crippen LogP contribution in [0.2, 0.25) is 0 Å². The molecule has 0 spiro atoms. The Labute approximate surface area is 138 Å². The molecule has 1 N–H and O–H groups in total. The molecule has 1 aliphatic heterocycles. The summed E-state index contributed by atoms with van der Waals surface area (Å²) in [4.78, 5) is 15.8. The fourth-order valence-corrected chi connectivity index (χ4v) is 3.13. The summed E-state index contributed by atoms with van der Waals surface area (Å²) >= 11 is 1.37. The smallest absolute Gasteiger partial charge is 0.355 e. The van der Waals surface area contributed by atoms with E-state index in [0.717, 1.165) is 24.3 Å². The average molecular weight is 331 g/mol. The summed E-state index contributed by atoms with van der Waals surface area (Å²) in [6.45, 7) is 3.17. The highest BCUT2D eigenvalue weighted by Gasteiger charge is 2.16. The Morgan fingerprint density at radius 3 is 2.78 bits per heavy atom. The Kier molecular flexibility index (Phi) is 4.73. The van der Waals surface area contributed by atoms with Crippen LogP contribution in [0.1, 0.15) is 32.4 Å². The second-order valence-electron chi connectivity index (χ2n) is 5.27. The van der Waals surface area contributed by atoms with E-state index in [1.54, 1.807) is 6.92 Å². The van der Waals surface area contributed by atoms with E-state index in [1.165, 1.54) is 11.3 Å². The number of hydrogen-bond donors (Lipinski definition) is 1. The maximum absolute atomic E-state index is 11.0. The van der Waals surface area contributed by atoms with Gasteiger partial charge in [-0.05, 0) is 30.7 Å². The number of thiazole rings is 1. The number of carbonyl (C=O) groups is 1. The van der Waals surface area contributed by atoms with Crippen molar-refractivity contribution in [1.29, 1.82) is 0 Å². The molecule has 1 saturated heterocycles. The third-order valence-corrected chi connectivity index (χ3v) is 4.44. The van der Waals surface area contributed by atoms with Crippen LogP contribution < -0.4 is 4.74 Å². The highest BCUT2D eigenvalue weighted by atomic mass is 32.1. The number of ether oxygens (including phenoxy) is 2. The fraction of sp³-hybridized carbons (Fsp3) is 0.294. The Hall–Kier alpha value is -2.18. The Balaban J connectivity index is 1.65. The van der Waals surface area contributed by atoms with E-state index >= 15 is 0 Å². The van der Waals surface area contributed by atoms with Crippen LogP contribution in [0.5, 0.6) is 5.75 Å². The molecular weight excluding hydrogens is 314 g/mol. The first-order chi connectivity index (χ1) is 11.1. The lowest BCUT2D eigenvalue weighted by Gasteiger charge is -2.11. The van der Waals surface area contributed by atoms with Crippen molar-refractivity contribution >= 4 is 29.5 Å². The van der Waals surface area contributed by atoms with E-state index < -0.39 is 5.97 Å². The van der Waals surface area contributed by atoms with Crippen molar-refractivity contribution in [3.8, 4) is 5.75 Å². The van der Waals surface area contributed by atoms with E-state index in [9.17, 15) is 4.79 Å². The molecule has 5 nitrogen and oxygen atoms in total. The minimum atomic E-state index is -0.990. The maximum atomic E-state index is 11.0. The summed E-state index contributed by atoms with van der Waals surface area (Å²) in [7, 11) is 0. The first-order valence-electron chi connectivity index (χ1n) is 7.35. The number of aromatic carboxylic acids is 1. The monoisotopic (exact) mass is 331 g/mol. The van der Waals surface area contributed by atoms with E-state index in [2.05, 4.69) is 4.98 Å². The van der Waals surface area contributed by atoms with Crippen molar-refractivity contribution in [3.05, 3.63) is 45.4 Å². The molecule has 23 heavy (non-hydrogen) atoms. The standard InChI is InChI=1S/C17H17NO4S/c1-11-16(17(19)20)18-15(23-11)7-4-12-2-5-13(6-3-12)22-14-8-9-21-10-14/h2-7,14H,8-10H2,1H3,(H,19,20)/b7-4+. The molecule has 0 radical (unpaired) electrons. The number of benzene rings is 1. The molecule has 0 aliphatic carbocycles. The molecule has 3 rings (SSSR count). The molecule has 2 aromatic rings. The van der Waals surface area contributed by atoms with Crippen LogP contribution in [0.25, 0.3) is 12.2 Å². The van der Waals surface area contributed by atoms with Crippen molar-refractivity contribution < 1.29 is 19.4 Å². The van der Waals surface area contributed by atoms with Crippen LogP contribution in [0.15, 0.2) is 24.3 Å². The molecule has 1 aromatic heterocycles. The maximum Gasteiger partial charge on any atom is 0.355 e. The van der Waals surface area contributed by atoms with Gasteiger partial charge in [-0.25, -0.2) is 9.78 Å². The van der Waals surface area contributed by atoms with Gasteiger partial charge in [0.05, 0.1) is 13.2 Å². The number of aromatic nitrogens is 1. The van der Waals surface area contributed by atoms with Crippen LogP contribution in [0.4, 0.5) is 0 Å². The minimum Gasteiger partial charge on any atom is -0.488 e. The molecule has 1 aliphatic rings. The lowest BCUT2D eigenvalue weighted by Crippen LogP contribution is -2.15. The number of carboxylic acids is 1. The van der Waals surface area contributed by atoms with Crippen molar-refractivity contribution in [2.24, 2.45) is 0 Å². The van der Waals surface area contributed by atoms with Crippen LogP contribution in [-0.2, 0) is 4.74 Å². The fourth-order valence-electron chi connectivity index (χ4n) is 2.31. The van der Waals surface area contributed by atoms with Gasteiger partial charge in [-0.1, -0.05) is 18.2 Å². The Bertz CT molecular complexity index is 715. The Morgan fingerprint density at radius 2 is 2.17 bits per heavy atom. The van der Waals surface area contributed by atoms with Crippen molar-refractivity contribution in [1.82, 2.24) is 4.98 Å². The van der Waals surface area contributed by atoms with Crippen molar-refractivity contribution in [2.45, 2.75) is 19.4 Å². The number of rotatable bonds is 5. The minimum absolute atomic E-state index is 0.122. The quantitative estimate of drug-likeness (QED) is 0.908. The second-order valence-corrected chi connectivity index (χ2v) is 6.50. The number of nitrogens with zero attached hydrogens (tertiary/aromatic N) is 1. The molecule has 1 fully saturated rings. The summed E-state index contributed by atoms with van der Waals surface area (Å²) in [6, 6.07) is 7.77. The molecule has 6 heteroatoms. The third-order valence-electron chi connectivity index (χ3n) is 3.50. The first kappa shape index (κ1) is 15.7. The molecule has 2 heterocycles. The summed E-state index contributed by atoms with van der Waals surface area (Å²) in [5.74, 6) is -0.160. The first-order valence-corrected chi connectivity index (χ1v) is 8.17. The molecule has 1 atom stereocenters. The number of aryl methyl sites for hydroxylation is 1. The number of hydrogen-bond acceptors (Lipinski definition) is 5. The van der Waals surface area contributed by atoms with Gasteiger partial charge in [-0.15, -0.1) is 11.3 Å². The molecule has 120 valence electrons. The Morgan fingerprint density at radius 1 is 1.39 bits per heavy atom. The van der Waals surface area contributed by atoms with Gasteiger partial charge >= 0.3 is 5.97 Å². The zero-order chi connectivity index (χ0) is 16.2. The van der Waals surface area contributed by atoms with Crippen LogP contribution in [0, 0.1) is 6.92 Å². The van der Waals surface area contributed by atoms with E-state index in [-0.39, 0.29) is 11.8 Å². The lowest BCUT2D eigenvalue weighted by atomic mass is 10.2. The average Bonchev–Trinajstić information content (AvgIpc) is 3.16. The second kappa shape index (κ2) is 6.93. The highest BCUT2D eigenvalue weighted by Crippen LogP contribution is 2.21. The van der Waals surface area contributed by atoms with Crippen molar-refractivity contribution in [2.75, 3.05) is 13.2 Å². The van der Waals surface area contributed by atoms with Gasteiger partial charge in [0, 0.05) is 11.3 Å². The predicted molar refractivity (Wildman–Crippen MR) is 89.0 cm³/mol. The zero-order valence-corrected chi connectivity index (χ0v) is 13.5. The molecule has 1 aromatic carbocycles. The van der Waals surface area contributed by atoms with E-state index in [4.69, 9.17) is 14.6 Å². The van der Waals surface area contributed by atoms with Gasteiger partial charge in [-0.2, -0.15) is 0 Å². The third kappa shape index (κ3) is 3.97.